The van der Waals surface area contributed by atoms with Crippen LogP contribution in [-0.4, -0.2) is 18.2 Å². The molecule has 2 N–H and O–H groups in total. The van der Waals surface area contributed by atoms with Gasteiger partial charge in [0.25, 0.3) is 0 Å². The van der Waals surface area contributed by atoms with Crippen LogP contribution in [0.3, 0.4) is 0 Å². The minimum Gasteiger partial charge on any atom is -0.268 e. The largest absolute Gasteiger partial charge is 0.268 e. The summed E-state index contributed by atoms with van der Waals surface area (Å²) in [5.74, 6) is 0.318. The van der Waals surface area contributed by atoms with Gasteiger partial charge in [0.15, 0.2) is 0 Å². The highest BCUT2D eigenvalue weighted by Gasteiger charge is 2.35. The van der Waals surface area contributed by atoms with Crippen LogP contribution in [0.1, 0.15) is 43.3 Å². The van der Waals surface area contributed by atoms with Gasteiger partial charge in [-0.25, -0.2) is 13.6 Å². The molecule has 0 spiro atoms. The van der Waals surface area contributed by atoms with Gasteiger partial charge < -0.3 is 0 Å². The second-order valence-electron chi connectivity index (χ2n) is 4.41. The Bertz CT molecular complexity index is 497. The predicted molar refractivity (Wildman–Crippen MR) is 53.8 cm³/mol. The van der Waals surface area contributed by atoms with Crippen molar-refractivity contribution >= 4 is 10.0 Å². The summed E-state index contributed by atoms with van der Waals surface area (Å²) in [6, 6.07) is 0.401. The Labute approximate surface area is 88.3 Å². The fourth-order valence-electron chi connectivity index (χ4n) is 1.77. The van der Waals surface area contributed by atoms with Crippen LogP contribution in [0.4, 0.5) is 0 Å². The Kier molecular flexibility index (Phi) is 1.76. The molecule has 2 saturated carbocycles. The van der Waals surface area contributed by atoms with E-state index in [0.717, 1.165) is 25.7 Å². The highest BCUT2D eigenvalue weighted by atomic mass is 32.2. The lowest BCUT2D eigenvalue weighted by Crippen LogP contribution is -2.13. The summed E-state index contributed by atoms with van der Waals surface area (Å²) in [4.78, 5) is 0.233. The second kappa shape index (κ2) is 2.82. The van der Waals surface area contributed by atoms with Crippen molar-refractivity contribution in [1.82, 2.24) is 9.78 Å². The van der Waals surface area contributed by atoms with E-state index in [9.17, 15) is 8.42 Å². The normalized spacial score (nSPS) is 21.9. The molecule has 0 radical (unpaired) electrons. The van der Waals surface area contributed by atoms with Crippen LogP contribution >= 0.6 is 0 Å². The first-order valence-corrected chi connectivity index (χ1v) is 6.72. The smallest absolute Gasteiger partial charge is 0.241 e. The van der Waals surface area contributed by atoms with Crippen molar-refractivity contribution in [3.05, 3.63) is 11.9 Å². The van der Waals surface area contributed by atoms with E-state index in [1.54, 1.807) is 10.9 Å². The second-order valence-corrected chi connectivity index (χ2v) is 5.94. The Balaban J connectivity index is 2.09. The molecule has 1 aromatic rings. The van der Waals surface area contributed by atoms with Crippen molar-refractivity contribution < 1.29 is 8.42 Å². The van der Waals surface area contributed by atoms with E-state index in [1.165, 1.54) is 0 Å². The SMILES string of the molecule is NS(=O)(=O)c1cn(C2CC2)nc1C1CC1. The lowest BCUT2D eigenvalue weighted by atomic mass is 10.3. The van der Waals surface area contributed by atoms with Gasteiger partial charge >= 0.3 is 0 Å². The van der Waals surface area contributed by atoms with E-state index < -0.39 is 10.0 Å². The van der Waals surface area contributed by atoms with Gasteiger partial charge in [0, 0.05) is 12.1 Å². The van der Waals surface area contributed by atoms with Gasteiger partial charge in [0.2, 0.25) is 10.0 Å². The summed E-state index contributed by atoms with van der Waals surface area (Å²) in [5.41, 5.74) is 0.685. The number of hydrogen-bond donors (Lipinski definition) is 1. The molecule has 1 aromatic heterocycles. The van der Waals surface area contributed by atoms with Crippen molar-refractivity contribution in [3.63, 3.8) is 0 Å². The molecule has 1 heterocycles. The number of rotatable bonds is 3. The molecule has 0 bridgehead atoms. The standard InChI is InChI=1S/C9H13N3O2S/c10-15(13,14)8-5-12(7-3-4-7)11-9(8)6-1-2-6/h5-7H,1-4H2,(H2,10,13,14). The minimum absolute atomic E-state index is 0.233. The first-order valence-electron chi connectivity index (χ1n) is 5.17. The minimum atomic E-state index is -3.61. The molecule has 0 aromatic carbocycles. The van der Waals surface area contributed by atoms with E-state index in [4.69, 9.17) is 5.14 Å². The third kappa shape index (κ3) is 1.68. The van der Waals surface area contributed by atoms with E-state index in [-0.39, 0.29) is 4.90 Å². The molecule has 0 amide bonds. The van der Waals surface area contributed by atoms with Gasteiger partial charge in [-0.3, -0.25) is 4.68 Å². The van der Waals surface area contributed by atoms with Crippen LogP contribution in [-0.2, 0) is 10.0 Å². The lowest BCUT2D eigenvalue weighted by Gasteiger charge is -1.95. The Morgan fingerprint density at radius 3 is 2.47 bits per heavy atom. The number of nitrogens with two attached hydrogens (primary N) is 1. The molecular formula is C9H13N3O2S. The average Bonchev–Trinajstić information content (AvgIpc) is 3.02. The van der Waals surface area contributed by atoms with Crippen LogP contribution < -0.4 is 5.14 Å². The van der Waals surface area contributed by atoms with Crippen LogP contribution in [0.2, 0.25) is 0 Å². The fourth-order valence-corrected chi connectivity index (χ4v) is 2.53. The molecule has 2 fully saturated rings. The summed E-state index contributed by atoms with van der Waals surface area (Å²) in [6.07, 6.45) is 5.85. The zero-order valence-corrected chi connectivity index (χ0v) is 9.07. The molecule has 0 saturated heterocycles. The van der Waals surface area contributed by atoms with Gasteiger partial charge in [-0.15, -0.1) is 0 Å². The first kappa shape index (κ1) is 9.35. The number of primary sulfonamides is 1. The maximum atomic E-state index is 11.4. The highest BCUT2D eigenvalue weighted by Crippen LogP contribution is 2.43. The van der Waals surface area contributed by atoms with Gasteiger partial charge in [-0.1, -0.05) is 0 Å². The number of sulfonamides is 1. The quantitative estimate of drug-likeness (QED) is 0.827. The molecule has 2 aliphatic carbocycles. The molecular weight excluding hydrogens is 214 g/mol. The van der Waals surface area contributed by atoms with Crippen molar-refractivity contribution in [3.8, 4) is 0 Å². The molecule has 2 aliphatic rings. The third-order valence-electron chi connectivity index (χ3n) is 2.92. The zero-order valence-electron chi connectivity index (χ0n) is 8.26. The fraction of sp³-hybridized carbons (Fsp3) is 0.667. The summed E-state index contributed by atoms with van der Waals surface area (Å²) in [5, 5.41) is 9.53. The van der Waals surface area contributed by atoms with Crippen LogP contribution in [0.25, 0.3) is 0 Å². The van der Waals surface area contributed by atoms with Crippen molar-refractivity contribution in [2.45, 2.75) is 42.5 Å². The molecule has 6 heteroatoms. The Morgan fingerprint density at radius 2 is 2.00 bits per heavy atom. The van der Waals surface area contributed by atoms with Crippen LogP contribution in [0.15, 0.2) is 11.1 Å². The molecule has 0 aliphatic heterocycles. The number of hydrogen-bond acceptors (Lipinski definition) is 3. The number of aromatic nitrogens is 2. The van der Waals surface area contributed by atoms with E-state index in [0.29, 0.717) is 17.7 Å². The van der Waals surface area contributed by atoms with Gasteiger partial charge in [-0.2, -0.15) is 5.10 Å². The molecule has 15 heavy (non-hydrogen) atoms. The van der Waals surface area contributed by atoms with Crippen LogP contribution in [0.5, 0.6) is 0 Å². The summed E-state index contributed by atoms with van der Waals surface area (Å²) in [7, 11) is -3.61. The Morgan fingerprint density at radius 1 is 1.33 bits per heavy atom. The van der Waals surface area contributed by atoms with Crippen LogP contribution in [0, 0.1) is 0 Å². The maximum absolute atomic E-state index is 11.4. The maximum Gasteiger partial charge on any atom is 0.241 e. The van der Waals surface area contributed by atoms with Crippen molar-refractivity contribution in [1.29, 1.82) is 0 Å². The van der Waals surface area contributed by atoms with Gasteiger partial charge in [0.1, 0.15) is 4.90 Å². The highest BCUT2D eigenvalue weighted by molar-refractivity contribution is 7.89. The summed E-state index contributed by atoms with van der Waals surface area (Å²) < 4.78 is 24.5. The molecule has 5 nitrogen and oxygen atoms in total. The molecule has 82 valence electrons. The van der Waals surface area contributed by atoms with E-state index in [2.05, 4.69) is 5.10 Å². The first-order chi connectivity index (χ1) is 7.05. The summed E-state index contributed by atoms with van der Waals surface area (Å²) >= 11 is 0. The van der Waals surface area contributed by atoms with Crippen molar-refractivity contribution in [2.24, 2.45) is 5.14 Å². The zero-order chi connectivity index (χ0) is 10.6. The van der Waals surface area contributed by atoms with E-state index in [1.807, 2.05) is 0 Å². The van der Waals surface area contributed by atoms with E-state index >= 15 is 0 Å². The summed E-state index contributed by atoms with van der Waals surface area (Å²) in [6.45, 7) is 0. The monoisotopic (exact) mass is 227 g/mol. The topological polar surface area (TPSA) is 78.0 Å². The number of nitrogens with zero attached hydrogens (tertiary/aromatic N) is 2. The lowest BCUT2D eigenvalue weighted by molar-refractivity contribution is 0.596. The molecule has 3 rings (SSSR count). The molecule has 0 atom stereocenters. The third-order valence-corrected chi connectivity index (χ3v) is 3.84. The van der Waals surface area contributed by atoms with Gasteiger partial charge in [-0.05, 0) is 25.7 Å². The predicted octanol–water partition coefficient (Wildman–Crippen LogP) is 0.743. The van der Waals surface area contributed by atoms with Crippen molar-refractivity contribution in [2.75, 3.05) is 0 Å². The Hall–Kier alpha value is -0.880. The van der Waals surface area contributed by atoms with Gasteiger partial charge in [0.05, 0.1) is 11.7 Å². The molecule has 0 unspecified atom stereocenters. The average molecular weight is 227 g/mol.